The number of nitrogens with zero attached hydrogens (tertiary/aromatic N) is 1. The van der Waals surface area contributed by atoms with Gasteiger partial charge in [0, 0.05) is 17.3 Å². The van der Waals surface area contributed by atoms with E-state index in [2.05, 4.69) is 53.7 Å². The van der Waals surface area contributed by atoms with Crippen LogP contribution in [0.4, 0.5) is 4.39 Å². The van der Waals surface area contributed by atoms with Crippen LogP contribution in [0.15, 0.2) is 121 Å². The Bertz CT molecular complexity index is 2010. The van der Waals surface area contributed by atoms with Gasteiger partial charge >= 0.3 is 5.97 Å². The maximum absolute atomic E-state index is 14.1. The molecular formula is C45H51FNO5PSi. The third-order valence-electron chi connectivity index (χ3n) is 9.63. The van der Waals surface area contributed by atoms with E-state index in [1.165, 1.54) is 12.1 Å². The van der Waals surface area contributed by atoms with Crippen LogP contribution in [0.1, 0.15) is 70.7 Å². The third-order valence-corrected chi connectivity index (χ3v) is 16.0. The molecule has 282 valence electrons. The summed E-state index contributed by atoms with van der Waals surface area (Å²) in [5, 5.41) is 11.6. The molecule has 9 heteroatoms. The number of benzene rings is 4. The standard InChI is InChI=1S/C45H51FNO5PSi/c1-7-39-42(33-25-27-35(46)28-26-33)40(43(32(2)3)47-44(39)34-18-11-8-12-19-34)24-17-29-51-53(50)31-36(30-41(48)49)52-54(45(4,5)6,37-20-13-9-14-21-37)38-22-15-10-16-23-38/h8-28,32,36,53H,7,29-31H2,1-6H3,(H,48,49). The minimum absolute atomic E-state index is 0.0408. The summed E-state index contributed by atoms with van der Waals surface area (Å²) in [6.45, 7) is 12.7. The SMILES string of the molecule is CCc1c(-c2ccccc2)nc(C(C)C)c(C=CCO[PH](=O)CC(CC(=O)O)O[Si](c2ccccc2)(c2ccccc2)C(C)(C)C)c1-c1ccc(F)cc1. The Kier molecular flexibility index (Phi) is 13.8. The fraction of sp³-hybridized carbons (Fsp3) is 0.289. The van der Waals surface area contributed by atoms with Crippen molar-refractivity contribution in [2.75, 3.05) is 12.8 Å². The zero-order valence-electron chi connectivity index (χ0n) is 32.0. The zero-order valence-corrected chi connectivity index (χ0v) is 34.0. The summed E-state index contributed by atoms with van der Waals surface area (Å²) in [7, 11) is -5.85. The Morgan fingerprint density at radius 1 is 0.870 bits per heavy atom. The third kappa shape index (κ3) is 9.42. The zero-order chi connectivity index (χ0) is 38.9. The van der Waals surface area contributed by atoms with Crippen LogP contribution in [0.2, 0.25) is 5.04 Å². The van der Waals surface area contributed by atoms with E-state index in [1.54, 1.807) is 12.1 Å². The van der Waals surface area contributed by atoms with Gasteiger partial charge in [-0.1, -0.05) is 157 Å². The highest BCUT2D eigenvalue weighted by Gasteiger charge is 2.51. The van der Waals surface area contributed by atoms with E-state index < -0.39 is 28.4 Å². The first-order valence-electron chi connectivity index (χ1n) is 18.6. The average molecular weight is 764 g/mol. The Morgan fingerprint density at radius 2 is 1.43 bits per heavy atom. The van der Waals surface area contributed by atoms with E-state index in [4.69, 9.17) is 13.9 Å². The molecule has 2 unspecified atom stereocenters. The van der Waals surface area contributed by atoms with Gasteiger partial charge in [0.1, 0.15) is 5.82 Å². The fourth-order valence-electron chi connectivity index (χ4n) is 7.23. The molecule has 1 aromatic heterocycles. The van der Waals surface area contributed by atoms with Crippen LogP contribution < -0.4 is 10.4 Å². The predicted octanol–water partition coefficient (Wildman–Crippen LogP) is 10.2. The second kappa shape index (κ2) is 18.2. The Hall–Kier alpha value is -4.46. The van der Waals surface area contributed by atoms with Crippen LogP contribution in [0.25, 0.3) is 28.5 Å². The van der Waals surface area contributed by atoms with Crippen LogP contribution >= 0.6 is 8.03 Å². The molecule has 0 aliphatic heterocycles. The second-order valence-corrected chi connectivity index (χ2v) is 20.5. The van der Waals surface area contributed by atoms with Crippen LogP contribution in [0, 0.1) is 5.82 Å². The summed E-state index contributed by atoms with van der Waals surface area (Å²) in [5.74, 6) is -1.28. The number of aliphatic carboxylic acids is 1. The number of halogens is 1. The van der Waals surface area contributed by atoms with Crippen LogP contribution in [0.5, 0.6) is 0 Å². The van der Waals surface area contributed by atoms with Gasteiger partial charge in [-0.2, -0.15) is 0 Å². The van der Waals surface area contributed by atoms with E-state index in [-0.39, 0.29) is 36.0 Å². The quantitative estimate of drug-likeness (QED) is 0.0796. The Morgan fingerprint density at radius 3 is 1.93 bits per heavy atom. The van der Waals surface area contributed by atoms with Gasteiger partial charge in [-0.05, 0) is 56.6 Å². The first-order chi connectivity index (χ1) is 25.9. The molecule has 0 saturated carbocycles. The molecule has 0 amide bonds. The monoisotopic (exact) mass is 763 g/mol. The van der Waals surface area contributed by atoms with Crippen molar-refractivity contribution in [3.05, 3.63) is 144 Å². The van der Waals surface area contributed by atoms with Gasteiger partial charge < -0.3 is 14.1 Å². The molecule has 0 saturated heterocycles. The Balaban J connectivity index is 1.46. The van der Waals surface area contributed by atoms with Crippen molar-refractivity contribution in [1.82, 2.24) is 4.98 Å². The molecule has 4 aromatic carbocycles. The molecule has 0 aliphatic carbocycles. The molecule has 1 N–H and O–H groups in total. The van der Waals surface area contributed by atoms with Gasteiger partial charge in [0.25, 0.3) is 8.32 Å². The van der Waals surface area contributed by atoms with Gasteiger partial charge in [0.15, 0.2) is 8.03 Å². The topological polar surface area (TPSA) is 85.7 Å². The van der Waals surface area contributed by atoms with Gasteiger partial charge in [-0.3, -0.25) is 14.3 Å². The smallest absolute Gasteiger partial charge is 0.305 e. The minimum atomic E-state index is -3.11. The van der Waals surface area contributed by atoms with Crippen molar-refractivity contribution in [2.24, 2.45) is 0 Å². The van der Waals surface area contributed by atoms with Crippen LogP contribution in [0.3, 0.4) is 0 Å². The molecule has 1 heterocycles. The molecule has 2 atom stereocenters. The average Bonchev–Trinajstić information content (AvgIpc) is 3.15. The second-order valence-electron chi connectivity index (χ2n) is 14.8. The highest BCUT2D eigenvalue weighted by molar-refractivity contribution is 7.39. The van der Waals surface area contributed by atoms with Crippen molar-refractivity contribution in [3.63, 3.8) is 0 Å². The van der Waals surface area contributed by atoms with Crippen molar-refractivity contribution >= 4 is 38.8 Å². The van der Waals surface area contributed by atoms with E-state index in [9.17, 15) is 18.9 Å². The molecular weight excluding hydrogens is 713 g/mol. The van der Waals surface area contributed by atoms with E-state index in [0.717, 1.165) is 49.6 Å². The van der Waals surface area contributed by atoms with Crippen molar-refractivity contribution in [2.45, 2.75) is 71.4 Å². The lowest BCUT2D eigenvalue weighted by Crippen LogP contribution is -2.68. The number of carboxylic acid groups (broad SMARTS) is 1. The summed E-state index contributed by atoms with van der Waals surface area (Å²) in [5.41, 5.74) is 6.58. The number of carboxylic acids is 1. The molecule has 0 radical (unpaired) electrons. The molecule has 0 aliphatic rings. The molecule has 5 aromatic rings. The maximum atomic E-state index is 14.1. The lowest BCUT2D eigenvalue weighted by atomic mass is 9.86. The summed E-state index contributed by atoms with van der Waals surface area (Å²) in [4.78, 5) is 17.4. The van der Waals surface area contributed by atoms with Gasteiger partial charge in [-0.15, -0.1) is 0 Å². The molecule has 6 nitrogen and oxygen atoms in total. The van der Waals surface area contributed by atoms with Gasteiger partial charge in [0.05, 0.1) is 30.5 Å². The summed E-state index contributed by atoms with van der Waals surface area (Å²) < 4.78 is 40.8. The van der Waals surface area contributed by atoms with Crippen LogP contribution in [-0.4, -0.2) is 43.2 Å². The highest BCUT2D eigenvalue weighted by atomic mass is 31.1. The highest BCUT2D eigenvalue weighted by Crippen LogP contribution is 2.41. The summed E-state index contributed by atoms with van der Waals surface area (Å²) in [6, 6.07) is 36.6. The van der Waals surface area contributed by atoms with Crippen molar-refractivity contribution in [1.29, 1.82) is 0 Å². The van der Waals surface area contributed by atoms with Gasteiger partial charge in [-0.25, -0.2) is 4.39 Å². The fourth-order valence-corrected chi connectivity index (χ4v) is 13.1. The number of carbonyl (C=O) groups is 1. The number of pyridine rings is 1. The molecule has 0 spiro atoms. The lowest BCUT2D eigenvalue weighted by molar-refractivity contribution is -0.138. The van der Waals surface area contributed by atoms with Crippen molar-refractivity contribution < 1.29 is 27.8 Å². The number of hydrogen-bond donors (Lipinski definition) is 1. The molecule has 0 bridgehead atoms. The van der Waals surface area contributed by atoms with Gasteiger partial charge in [0.2, 0.25) is 0 Å². The largest absolute Gasteiger partial charge is 0.481 e. The lowest BCUT2D eigenvalue weighted by Gasteiger charge is -2.45. The normalized spacial score (nSPS) is 13.3. The Labute approximate surface area is 321 Å². The maximum Gasteiger partial charge on any atom is 0.305 e. The number of aromatic nitrogens is 1. The molecule has 0 fully saturated rings. The van der Waals surface area contributed by atoms with E-state index in [0.29, 0.717) is 6.42 Å². The molecule has 54 heavy (non-hydrogen) atoms. The summed E-state index contributed by atoms with van der Waals surface area (Å²) >= 11 is 0. The first kappa shape index (κ1) is 40.7. The molecule has 5 rings (SSSR count). The van der Waals surface area contributed by atoms with Crippen molar-refractivity contribution in [3.8, 4) is 22.4 Å². The van der Waals surface area contributed by atoms with Crippen LogP contribution in [-0.2, 0) is 24.7 Å². The predicted molar refractivity (Wildman–Crippen MR) is 222 cm³/mol. The minimum Gasteiger partial charge on any atom is -0.481 e. The number of rotatable bonds is 16. The van der Waals surface area contributed by atoms with E-state index in [1.807, 2.05) is 91.0 Å². The first-order valence-corrected chi connectivity index (χ1v) is 22.0. The summed E-state index contributed by atoms with van der Waals surface area (Å²) in [6.07, 6.45) is 3.29. The van der Waals surface area contributed by atoms with E-state index >= 15 is 0 Å². The number of hydrogen-bond acceptors (Lipinski definition) is 5.